The Morgan fingerprint density at radius 3 is 2.57 bits per heavy atom. The van der Waals surface area contributed by atoms with Gasteiger partial charge < -0.3 is 20.1 Å². The smallest absolute Gasteiger partial charge is 0.405 e. The molecule has 2 aromatic heterocycles. The average molecular weight is 519 g/mol. The summed E-state index contributed by atoms with van der Waals surface area (Å²) in [6.07, 6.45) is 0.123. The highest BCUT2D eigenvalue weighted by Gasteiger charge is 2.39. The minimum absolute atomic E-state index is 0.0180. The van der Waals surface area contributed by atoms with Crippen molar-refractivity contribution in [2.24, 2.45) is 5.92 Å². The summed E-state index contributed by atoms with van der Waals surface area (Å²) in [4.78, 5) is 39.7. The molecule has 1 aliphatic carbocycles. The Bertz CT molecular complexity index is 1400. The first kappa shape index (κ1) is 24.8. The van der Waals surface area contributed by atoms with Crippen molar-refractivity contribution in [3.05, 3.63) is 58.8 Å². The van der Waals surface area contributed by atoms with Gasteiger partial charge in [-0.2, -0.15) is 5.10 Å². The number of halogens is 3. The van der Waals surface area contributed by atoms with Gasteiger partial charge in [-0.15, -0.1) is 13.2 Å². The molecule has 1 aromatic carbocycles. The van der Waals surface area contributed by atoms with Crippen LogP contribution < -0.4 is 15.6 Å². The zero-order chi connectivity index (χ0) is 26.4. The van der Waals surface area contributed by atoms with Crippen molar-refractivity contribution in [1.82, 2.24) is 19.1 Å². The van der Waals surface area contributed by atoms with Crippen LogP contribution in [0.1, 0.15) is 36.0 Å². The molecule has 0 spiro atoms. The Morgan fingerprint density at radius 2 is 1.89 bits per heavy atom. The fourth-order valence-electron chi connectivity index (χ4n) is 4.48. The fourth-order valence-corrected chi connectivity index (χ4v) is 4.48. The number of carbonyl (C=O) groups excluding carboxylic acids is 2. The number of aromatic nitrogens is 3. The fraction of sp³-hybridized carbons (Fsp3) is 0.417. The Hall–Kier alpha value is -3.87. The molecule has 1 aliphatic heterocycles. The van der Waals surface area contributed by atoms with E-state index in [4.69, 9.17) is 0 Å². The molecule has 10 nitrogen and oxygen atoms in total. The minimum Gasteiger partial charge on any atom is -0.405 e. The van der Waals surface area contributed by atoms with Crippen LogP contribution in [-0.4, -0.2) is 61.1 Å². The topological polar surface area (TPSA) is 118 Å². The molecular formula is C24H24F3N5O5. The number of piperidine rings is 1. The van der Waals surface area contributed by atoms with E-state index in [1.807, 2.05) is 0 Å². The lowest BCUT2D eigenvalue weighted by molar-refractivity contribution is -0.274. The Morgan fingerprint density at radius 1 is 1.19 bits per heavy atom. The van der Waals surface area contributed by atoms with Crippen molar-refractivity contribution in [3.8, 4) is 5.75 Å². The maximum Gasteiger partial charge on any atom is 0.573 e. The van der Waals surface area contributed by atoms with E-state index >= 15 is 0 Å². The van der Waals surface area contributed by atoms with Gasteiger partial charge >= 0.3 is 6.36 Å². The maximum atomic E-state index is 13.1. The minimum atomic E-state index is -4.97. The van der Waals surface area contributed by atoms with Crippen LogP contribution in [0.4, 0.5) is 18.9 Å². The second kappa shape index (κ2) is 9.21. The molecule has 5 rings (SSSR count). The van der Waals surface area contributed by atoms with Crippen LogP contribution in [-0.2, 0) is 11.3 Å². The van der Waals surface area contributed by atoms with Crippen LogP contribution in [0.5, 0.6) is 5.75 Å². The third-order valence-corrected chi connectivity index (χ3v) is 6.61. The molecule has 2 N–H and O–H groups in total. The number of aliphatic hydroxyl groups is 1. The summed E-state index contributed by atoms with van der Waals surface area (Å²) in [6.45, 7) is 0.810. The molecule has 0 unspecified atom stereocenters. The molecule has 0 atom stereocenters. The van der Waals surface area contributed by atoms with Crippen molar-refractivity contribution < 1.29 is 32.6 Å². The lowest BCUT2D eigenvalue weighted by atomic mass is 9.91. The van der Waals surface area contributed by atoms with E-state index in [9.17, 15) is 32.7 Å². The number of alkyl halides is 3. The summed E-state index contributed by atoms with van der Waals surface area (Å²) >= 11 is 0. The number of amides is 2. The van der Waals surface area contributed by atoms with Gasteiger partial charge in [0, 0.05) is 19.0 Å². The van der Waals surface area contributed by atoms with Gasteiger partial charge in [-0.25, -0.2) is 4.52 Å². The summed E-state index contributed by atoms with van der Waals surface area (Å²) in [7, 11) is 0. The van der Waals surface area contributed by atoms with E-state index in [-0.39, 0.29) is 35.1 Å². The monoisotopic (exact) mass is 519 g/mol. The van der Waals surface area contributed by atoms with Crippen molar-refractivity contribution in [3.63, 3.8) is 0 Å². The quantitative estimate of drug-likeness (QED) is 0.517. The highest BCUT2D eigenvalue weighted by Crippen LogP contribution is 2.33. The third-order valence-electron chi connectivity index (χ3n) is 6.61. The van der Waals surface area contributed by atoms with Crippen LogP contribution in [0.15, 0.2) is 47.7 Å². The predicted molar refractivity (Wildman–Crippen MR) is 124 cm³/mol. The first-order valence-corrected chi connectivity index (χ1v) is 11.8. The van der Waals surface area contributed by atoms with E-state index in [1.54, 1.807) is 4.90 Å². The van der Waals surface area contributed by atoms with Crippen LogP contribution in [0.3, 0.4) is 0 Å². The zero-order valence-electron chi connectivity index (χ0n) is 19.6. The lowest BCUT2D eigenvalue weighted by Crippen LogP contribution is -2.50. The van der Waals surface area contributed by atoms with E-state index in [1.165, 1.54) is 45.9 Å². The average Bonchev–Trinajstić information content (AvgIpc) is 3.60. The van der Waals surface area contributed by atoms with Gasteiger partial charge in [0.1, 0.15) is 17.6 Å². The molecule has 3 heterocycles. The predicted octanol–water partition coefficient (Wildman–Crippen LogP) is 2.41. The summed E-state index contributed by atoms with van der Waals surface area (Å²) in [5, 5.41) is 17.7. The first-order valence-electron chi connectivity index (χ1n) is 11.8. The second-order valence-corrected chi connectivity index (χ2v) is 9.44. The molecule has 2 fully saturated rings. The largest absolute Gasteiger partial charge is 0.573 e. The molecule has 37 heavy (non-hydrogen) atoms. The number of nitrogens with zero attached hydrogens (tertiary/aromatic N) is 4. The molecule has 2 amide bonds. The number of ether oxygens (including phenoxy) is 1. The normalized spacial score (nSPS) is 17.6. The van der Waals surface area contributed by atoms with Crippen LogP contribution in [0.25, 0.3) is 5.52 Å². The molecule has 13 heteroatoms. The van der Waals surface area contributed by atoms with Crippen LogP contribution in [0.2, 0.25) is 0 Å². The summed E-state index contributed by atoms with van der Waals surface area (Å²) in [5.41, 5.74) is -1.76. The number of hydrogen-bond donors (Lipinski definition) is 2. The van der Waals surface area contributed by atoms with Crippen LogP contribution >= 0.6 is 0 Å². The van der Waals surface area contributed by atoms with Crippen molar-refractivity contribution in [1.29, 1.82) is 0 Å². The molecule has 3 aromatic rings. The molecule has 0 radical (unpaired) electrons. The number of anilines is 1. The lowest BCUT2D eigenvalue weighted by Gasteiger charge is -2.38. The zero-order valence-corrected chi connectivity index (χ0v) is 19.6. The van der Waals surface area contributed by atoms with Gasteiger partial charge in [-0.3, -0.25) is 19.0 Å². The Balaban J connectivity index is 1.30. The van der Waals surface area contributed by atoms with Crippen molar-refractivity contribution in [2.75, 3.05) is 18.4 Å². The standard InChI is InChI=1S/C24H24F3N5O5/c25-24(26,27)37-19-4-2-1-3-17(19)20(33)29-16-11-18-22(35)31(14-28-32(18)12-16)13-23(36)7-9-30(10-8-23)21(34)15-5-6-15/h1-4,11-12,14-15,36H,5-10,13H2,(H,29,33). The highest BCUT2D eigenvalue weighted by molar-refractivity contribution is 6.06. The van der Waals surface area contributed by atoms with Gasteiger partial charge in [0.2, 0.25) is 5.91 Å². The summed E-state index contributed by atoms with van der Waals surface area (Å²) < 4.78 is 44.5. The van der Waals surface area contributed by atoms with Gasteiger partial charge in [0.15, 0.2) is 0 Å². The van der Waals surface area contributed by atoms with Crippen molar-refractivity contribution in [2.45, 2.75) is 44.2 Å². The van der Waals surface area contributed by atoms with E-state index in [2.05, 4.69) is 15.2 Å². The first-order chi connectivity index (χ1) is 17.5. The number of nitrogens with one attached hydrogen (secondary N) is 1. The van der Waals surface area contributed by atoms with E-state index in [0.29, 0.717) is 25.9 Å². The molecule has 1 saturated carbocycles. The second-order valence-electron chi connectivity index (χ2n) is 9.44. The molecule has 0 bridgehead atoms. The number of hydrogen-bond acceptors (Lipinski definition) is 6. The van der Waals surface area contributed by atoms with Crippen LogP contribution in [0, 0.1) is 5.92 Å². The number of carbonyl (C=O) groups is 2. The van der Waals surface area contributed by atoms with Crippen molar-refractivity contribution >= 4 is 23.0 Å². The Kier molecular flexibility index (Phi) is 6.18. The SMILES string of the molecule is O=C(Nc1cc2c(=O)n(CC3(O)CCN(C(=O)C4CC4)CC3)cnn2c1)c1ccccc1OC(F)(F)F. The number of likely N-dealkylation sites (tertiary alicyclic amines) is 1. The third kappa shape index (κ3) is 5.45. The number of fused-ring (bicyclic) bond motifs is 1. The van der Waals surface area contributed by atoms with E-state index < -0.39 is 29.2 Å². The van der Waals surface area contributed by atoms with E-state index in [0.717, 1.165) is 18.9 Å². The summed E-state index contributed by atoms with van der Waals surface area (Å²) in [5.74, 6) is -1.29. The number of rotatable bonds is 6. The molecule has 196 valence electrons. The summed E-state index contributed by atoms with van der Waals surface area (Å²) in [6, 6.07) is 6.25. The van der Waals surface area contributed by atoms with Gasteiger partial charge in [0.05, 0.1) is 29.6 Å². The molecule has 1 saturated heterocycles. The maximum absolute atomic E-state index is 13.1. The van der Waals surface area contributed by atoms with Gasteiger partial charge in [0.25, 0.3) is 11.5 Å². The Labute approximate surface area is 208 Å². The number of para-hydroxylation sites is 1. The molecule has 2 aliphatic rings. The molecular weight excluding hydrogens is 495 g/mol. The van der Waals surface area contributed by atoms with Gasteiger partial charge in [-0.05, 0) is 43.9 Å². The number of benzene rings is 1. The highest BCUT2D eigenvalue weighted by atomic mass is 19.4. The van der Waals surface area contributed by atoms with Gasteiger partial charge in [-0.1, -0.05) is 12.1 Å².